The minimum absolute atomic E-state index is 0. The molecule has 1 saturated heterocycles. The number of anilines is 1. The summed E-state index contributed by atoms with van der Waals surface area (Å²) in [5, 5.41) is 12.0. The van der Waals surface area contributed by atoms with E-state index in [1.54, 1.807) is 7.11 Å². The van der Waals surface area contributed by atoms with Gasteiger partial charge in [-0.2, -0.15) is 0 Å². The number of benzene rings is 1. The molecule has 0 saturated carbocycles. The van der Waals surface area contributed by atoms with Crippen molar-refractivity contribution in [2.45, 2.75) is 32.6 Å². The Balaban J connectivity index is 0.00000392. The van der Waals surface area contributed by atoms with Crippen LogP contribution >= 0.6 is 12.4 Å². The van der Waals surface area contributed by atoms with Crippen LogP contribution in [0.4, 0.5) is 10.5 Å². The smallest absolute Gasteiger partial charge is 0.319 e. The number of carbonyl (C=O) groups is 2. The highest BCUT2D eigenvalue weighted by Gasteiger charge is 2.32. The zero-order chi connectivity index (χ0) is 19.5. The van der Waals surface area contributed by atoms with Crippen molar-refractivity contribution in [2.24, 2.45) is 5.41 Å². The van der Waals surface area contributed by atoms with E-state index in [4.69, 9.17) is 4.74 Å². The van der Waals surface area contributed by atoms with E-state index in [0.717, 1.165) is 37.9 Å². The van der Waals surface area contributed by atoms with E-state index in [9.17, 15) is 9.59 Å². The quantitative estimate of drug-likeness (QED) is 0.501. The third kappa shape index (κ3) is 8.04. The van der Waals surface area contributed by atoms with E-state index in [1.165, 1.54) is 0 Å². The van der Waals surface area contributed by atoms with Gasteiger partial charge >= 0.3 is 6.03 Å². The summed E-state index contributed by atoms with van der Waals surface area (Å²) < 4.78 is 5.39. The zero-order valence-corrected chi connectivity index (χ0v) is 17.6. The number of rotatable bonds is 9. The van der Waals surface area contributed by atoms with Gasteiger partial charge in [0.2, 0.25) is 5.91 Å². The molecular formula is C20H33ClN4O3. The number of piperidine rings is 1. The molecule has 4 N–H and O–H groups in total. The van der Waals surface area contributed by atoms with Crippen molar-refractivity contribution in [1.29, 1.82) is 0 Å². The Morgan fingerprint density at radius 1 is 1.14 bits per heavy atom. The predicted octanol–water partition coefficient (Wildman–Crippen LogP) is 2.31. The van der Waals surface area contributed by atoms with Crippen LogP contribution in [0.3, 0.4) is 0 Å². The van der Waals surface area contributed by atoms with Gasteiger partial charge in [-0.05, 0) is 50.0 Å². The summed E-state index contributed by atoms with van der Waals surface area (Å²) in [6.07, 6.45) is 3.22. The minimum atomic E-state index is -0.215. The van der Waals surface area contributed by atoms with E-state index >= 15 is 0 Å². The molecule has 0 aromatic heterocycles. The lowest BCUT2D eigenvalue weighted by Gasteiger charge is -2.37. The summed E-state index contributed by atoms with van der Waals surface area (Å²) in [5.74, 6) is 0.00501. The van der Waals surface area contributed by atoms with Crippen molar-refractivity contribution < 1.29 is 14.3 Å². The number of amides is 3. The highest BCUT2D eigenvalue weighted by Crippen LogP contribution is 2.28. The summed E-state index contributed by atoms with van der Waals surface area (Å²) in [6.45, 7) is 5.86. The Hall–Kier alpha value is -1.83. The SMILES string of the molecule is CCCNC(=O)Nc1ccc(CC(=O)NCC2(COC)CCNCC2)cc1.Cl. The maximum Gasteiger partial charge on any atom is 0.319 e. The molecule has 8 heteroatoms. The van der Waals surface area contributed by atoms with Gasteiger partial charge in [0.15, 0.2) is 0 Å². The number of urea groups is 1. The Morgan fingerprint density at radius 3 is 2.43 bits per heavy atom. The van der Waals surface area contributed by atoms with E-state index in [2.05, 4.69) is 21.3 Å². The second-order valence-electron chi connectivity index (χ2n) is 7.21. The van der Waals surface area contributed by atoms with Crippen LogP contribution in [0.15, 0.2) is 24.3 Å². The molecule has 1 aliphatic rings. The number of carbonyl (C=O) groups excluding carboxylic acids is 2. The normalized spacial score (nSPS) is 15.2. The van der Waals surface area contributed by atoms with Gasteiger partial charge in [-0.1, -0.05) is 19.1 Å². The predicted molar refractivity (Wildman–Crippen MR) is 114 cm³/mol. The molecule has 1 aliphatic heterocycles. The largest absolute Gasteiger partial charge is 0.384 e. The Morgan fingerprint density at radius 2 is 1.82 bits per heavy atom. The maximum absolute atomic E-state index is 12.3. The molecule has 0 bridgehead atoms. The Kier molecular flexibility index (Phi) is 10.9. The van der Waals surface area contributed by atoms with Crippen LogP contribution in [0.1, 0.15) is 31.7 Å². The lowest BCUT2D eigenvalue weighted by molar-refractivity contribution is -0.121. The summed E-state index contributed by atoms with van der Waals surface area (Å²) >= 11 is 0. The Bertz CT molecular complexity index is 598. The first-order chi connectivity index (χ1) is 13.1. The molecule has 1 aromatic carbocycles. The number of hydrogen-bond donors (Lipinski definition) is 4. The van der Waals surface area contributed by atoms with Gasteiger partial charge in [0.1, 0.15) is 0 Å². The van der Waals surface area contributed by atoms with Crippen LogP contribution in [0.25, 0.3) is 0 Å². The first-order valence-corrected chi connectivity index (χ1v) is 9.67. The van der Waals surface area contributed by atoms with Crippen molar-refractivity contribution >= 4 is 30.0 Å². The van der Waals surface area contributed by atoms with Gasteiger partial charge < -0.3 is 26.0 Å². The van der Waals surface area contributed by atoms with Crippen LogP contribution in [-0.2, 0) is 16.0 Å². The summed E-state index contributed by atoms with van der Waals surface area (Å²) in [7, 11) is 1.71. The standard InChI is InChI=1S/C20H32N4O3.ClH/c1-3-10-22-19(26)24-17-6-4-16(5-7-17)13-18(25)23-14-20(15-27-2)8-11-21-12-9-20;/h4-7,21H,3,8-15H2,1-2H3,(H,23,25)(H2,22,24,26);1H. The van der Waals surface area contributed by atoms with Gasteiger partial charge in [-0.15, -0.1) is 12.4 Å². The van der Waals surface area contributed by atoms with E-state index in [0.29, 0.717) is 31.8 Å². The van der Waals surface area contributed by atoms with Crippen molar-refractivity contribution in [1.82, 2.24) is 16.0 Å². The molecule has 0 unspecified atom stereocenters. The molecule has 1 aromatic rings. The molecule has 2 rings (SSSR count). The summed E-state index contributed by atoms with van der Waals surface area (Å²) in [6, 6.07) is 7.14. The van der Waals surface area contributed by atoms with Crippen LogP contribution in [0.5, 0.6) is 0 Å². The molecule has 0 spiro atoms. The topological polar surface area (TPSA) is 91.5 Å². The molecule has 158 valence electrons. The molecule has 3 amide bonds. The molecule has 28 heavy (non-hydrogen) atoms. The Labute approximate surface area is 173 Å². The number of hydrogen-bond acceptors (Lipinski definition) is 4. The lowest BCUT2D eigenvalue weighted by atomic mass is 9.79. The summed E-state index contributed by atoms with van der Waals surface area (Å²) in [4.78, 5) is 24.0. The number of halogens is 1. The first kappa shape index (κ1) is 24.2. The minimum Gasteiger partial charge on any atom is -0.384 e. The van der Waals surface area contributed by atoms with Gasteiger partial charge in [0, 0.05) is 31.3 Å². The van der Waals surface area contributed by atoms with Crippen LogP contribution in [0.2, 0.25) is 0 Å². The maximum atomic E-state index is 12.3. The number of ether oxygens (including phenoxy) is 1. The van der Waals surface area contributed by atoms with Gasteiger partial charge in [0.25, 0.3) is 0 Å². The van der Waals surface area contributed by atoms with Crippen molar-refractivity contribution in [3.8, 4) is 0 Å². The third-order valence-electron chi connectivity index (χ3n) is 4.89. The molecule has 1 heterocycles. The fourth-order valence-corrected chi connectivity index (χ4v) is 3.29. The van der Waals surface area contributed by atoms with Crippen molar-refractivity contribution in [3.63, 3.8) is 0 Å². The average molecular weight is 413 g/mol. The molecule has 0 atom stereocenters. The molecule has 0 aliphatic carbocycles. The van der Waals surface area contributed by atoms with E-state index < -0.39 is 0 Å². The second kappa shape index (κ2) is 12.6. The van der Waals surface area contributed by atoms with Crippen LogP contribution in [0, 0.1) is 5.41 Å². The molecular weight excluding hydrogens is 380 g/mol. The van der Waals surface area contributed by atoms with Gasteiger partial charge in [-0.25, -0.2) is 4.79 Å². The van der Waals surface area contributed by atoms with Crippen molar-refractivity contribution in [2.75, 3.05) is 45.2 Å². The zero-order valence-electron chi connectivity index (χ0n) is 16.8. The van der Waals surface area contributed by atoms with Gasteiger partial charge in [-0.3, -0.25) is 4.79 Å². The van der Waals surface area contributed by atoms with E-state index in [-0.39, 0.29) is 29.8 Å². The third-order valence-corrected chi connectivity index (χ3v) is 4.89. The van der Waals surface area contributed by atoms with Gasteiger partial charge in [0.05, 0.1) is 13.0 Å². The highest BCUT2D eigenvalue weighted by molar-refractivity contribution is 5.89. The average Bonchev–Trinajstić information content (AvgIpc) is 2.67. The second-order valence-corrected chi connectivity index (χ2v) is 7.21. The van der Waals surface area contributed by atoms with E-state index in [1.807, 2.05) is 31.2 Å². The number of methoxy groups -OCH3 is 1. The van der Waals surface area contributed by atoms with Crippen molar-refractivity contribution in [3.05, 3.63) is 29.8 Å². The highest BCUT2D eigenvalue weighted by atomic mass is 35.5. The van der Waals surface area contributed by atoms with Crippen LogP contribution in [-0.4, -0.2) is 51.8 Å². The first-order valence-electron chi connectivity index (χ1n) is 9.67. The fourth-order valence-electron chi connectivity index (χ4n) is 3.29. The molecule has 7 nitrogen and oxygen atoms in total. The fraction of sp³-hybridized carbons (Fsp3) is 0.600. The molecule has 1 fully saturated rings. The lowest BCUT2D eigenvalue weighted by Crippen LogP contribution is -2.47. The van der Waals surface area contributed by atoms with Crippen LogP contribution < -0.4 is 21.3 Å². The monoisotopic (exact) mass is 412 g/mol. The number of nitrogens with one attached hydrogen (secondary N) is 4. The summed E-state index contributed by atoms with van der Waals surface area (Å²) in [5.41, 5.74) is 1.65. The molecule has 0 radical (unpaired) electrons.